The predicted molar refractivity (Wildman–Crippen MR) is 175 cm³/mol. The third-order valence-electron chi connectivity index (χ3n) is 10.4. The number of carbonyl (C=O) groups excluding carboxylic acids is 2. The van der Waals surface area contributed by atoms with Crippen molar-refractivity contribution in [2.24, 2.45) is 23.2 Å². The monoisotopic (exact) mass is 661 g/mol. The van der Waals surface area contributed by atoms with Crippen LogP contribution in [0.4, 0.5) is 10.2 Å². The van der Waals surface area contributed by atoms with E-state index >= 15 is 4.39 Å². The van der Waals surface area contributed by atoms with Crippen LogP contribution in [0.2, 0.25) is 0 Å². The van der Waals surface area contributed by atoms with Crippen LogP contribution in [-0.2, 0) is 10.0 Å². The summed E-state index contributed by atoms with van der Waals surface area (Å²) in [5.74, 6) is 1.51. The summed E-state index contributed by atoms with van der Waals surface area (Å²) in [6, 6.07) is 14.8. The fraction of sp³-hybridized carbons (Fsp3) is 0.486. The van der Waals surface area contributed by atoms with E-state index in [2.05, 4.69) is 14.9 Å². The van der Waals surface area contributed by atoms with Crippen molar-refractivity contribution >= 4 is 27.7 Å². The van der Waals surface area contributed by atoms with E-state index in [4.69, 9.17) is 4.74 Å². The molecule has 2 aromatic carbocycles. The summed E-state index contributed by atoms with van der Waals surface area (Å²) in [5, 5.41) is 8.21. The summed E-state index contributed by atoms with van der Waals surface area (Å²) >= 11 is 0. The number of rotatable bonds is 9. The maximum absolute atomic E-state index is 15.1. The van der Waals surface area contributed by atoms with Crippen LogP contribution in [0, 0.1) is 29.0 Å². The second kappa shape index (κ2) is 12.5. The van der Waals surface area contributed by atoms with E-state index in [0.29, 0.717) is 73.2 Å². The zero-order chi connectivity index (χ0) is 32.8. The number of anilines is 1. The molecular formula is C35H40FN5O5S. The highest BCUT2D eigenvalue weighted by molar-refractivity contribution is 7.90. The van der Waals surface area contributed by atoms with Crippen molar-refractivity contribution in [1.29, 1.82) is 0 Å². The zero-order valence-corrected chi connectivity index (χ0v) is 27.3. The van der Waals surface area contributed by atoms with Crippen LogP contribution in [0.1, 0.15) is 66.3 Å². The number of hydrogen-bond acceptors (Lipinski definition) is 8. The van der Waals surface area contributed by atoms with Gasteiger partial charge in [-0.1, -0.05) is 18.2 Å². The first-order valence-electron chi connectivity index (χ1n) is 16.5. The number of sulfonamides is 1. The van der Waals surface area contributed by atoms with Gasteiger partial charge in [0.15, 0.2) is 11.5 Å². The lowest BCUT2D eigenvalue weighted by Gasteiger charge is -2.56. The van der Waals surface area contributed by atoms with Gasteiger partial charge in [-0.15, -0.1) is 10.2 Å². The van der Waals surface area contributed by atoms with Gasteiger partial charge in [0.25, 0.3) is 11.8 Å². The minimum absolute atomic E-state index is 0.0110. The highest BCUT2D eigenvalue weighted by Gasteiger charge is 2.52. The average molecular weight is 662 g/mol. The molecule has 1 aromatic heterocycles. The van der Waals surface area contributed by atoms with Gasteiger partial charge in [-0.25, -0.2) is 17.5 Å². The third kappa shape index (κ3) is 6.70. The van der Waals surface area contributed by atoms with Gasteiger partial charge in [-0.05, 0) is 111 Å². The summed E-state index contributed by atoms with van der Waals surface area (Å²) in [7, 11) is -3.83. The topological polar surface area (TPSA) is 122 Å². The Morgan fingerprint density at radius 1 is 0.936 bits per heavy atom. The van der Waals surface area contributed by atoms with Crippen LogP contribution in [0.15, 0.2) is 54.6 Å². The smallest absolute Gasteiger partial charge is 0.285 e. The summed E-state index contributed by atoms with van der Waals surface area (Å²) < 4.78 is 49.1. The Morgan fingerprint density at radius 2 is 1.64 bits per heavy atom. The van der Waals surface area contributed by atoms with E-state index < -0.39 is 21.7 Å². The van der Waals surface area contributed by atoms with E-state index in [0.717, 1.165) is 19.3 Å². The molecule has 0 unspecified atom stereocenters. The molecule has 2 heterocycles. The highest BCUT2D eigenvalue weighted by atomic mass is 32.2. The standard InChI is InChI=1S/C35H40FN5O5S/c1-2-46-28-5-3-4-26(17-28)29-7-6-27(18-30(29)36)34(43)41-12-10-40(11-13-41)32-9-8-31(37-38-32)33(42)39-47(44,45)22-35-19-23-14-24(20-35)16-25(15-23)21-35/h3-9,17-18,23-25H,2,10-16,19-22H2,1H3,(H,39,42). The lowest BCUT2D eigenvalue weighted by molar-refractivity contribution is -0.0391. The van der Waals surface area contributed by atoms with Crippen molar-refractivity contribution in [1.82, 2.24) is 19.8 Å². The van der Waals surface area contributed by atoms with E-state index in [1.807, 2.05) is 17.9 Å². The Labute approximate surface area is 274 Å². The maximum atomic E-state index is 15.1. The Morgan fingerprint density at radius 3 is 2.26 bits per heavy atom. The molecular weight excluding hydrogens is 621 g/mol. The molecule has 4 saturated carbocycles. The normalized spacial score (nSPS) is 25.1. The number of benzene rings is 2. The molecule has 1 aliphatic heterocycles. The van der Waals surface area contributed by atoms with Crippen LogP contribution in [0.5, 0.6) is 5.75 Å². The van der Waals surface area contributed by atoms with E-state index in [9.17, 15) is 18.0 Å². The molecule has 4 bridgehead atoms. The van der Waals surface area contributed by atoms with Crippen molar-refractivity contribution in [3.8, 4) is 16.9 Å². The third-order valence-corrected chi connectivity index (χ3v) is 11.8. The number of carbonyl (C=O) groups is 2. The van der Waals surface area contributed by atoms with Crippen LogP contribution in [0.3, 0.4) is 0 Å². The van der Waals surface area contributed by atoms with Gasteiger partial charge in [0.2, 0.25) is 10.0 Å². The largest absolute Gasteiger partial charge is 0.494 e. The van der Waals surface area contributed by atoms with Crippen LogP contribution >= 0.6 is 0 Å². The van der Waals surface area contributed by atoms with Crippen LogP contribution < -0.4 is 14.4 Å². The summed E-state index contributed by atoms with van der Waals surface area (Å²) in [5.41, 5.74) is 1.06. The molecule has 5 fully saturated rings. The fourth-order valence-electron chi connectivity index (χ4n) is 8.84. The maximum Gasteiger partial charge on any atom is 0.285 e. The summed E-state index contributed by atoms with van der Waals surface area (Å²) in [6.07, 6.45) is 6.48. The molecule has 0 radical (unpaired) electrons. The molecule has 10 nitrogen and oxygen atoms in total. The van der Waals surface area contributed by atoms with Gasteiger partial charge in [0.1, 0.15) is 11.6 Å². The molecule has 248 valence electrons. The van der Waals surface area contributed by atoms with Crippen LogP contribution in [0.25, 0.3) is 11.1 Å². The predicted octanol–water partition coefficient (Wildman–Crippen LogP) is 4.92. The molecule has 0 atom stereocenters. The SMILES string of the molecule is CCOc1cccc(-c2ccc(C(=O)N3CCN(c4ccc(C(=O)NS(=O)(=O)CC56CC7CC(CC(C7)C5)C6)nn4)CC3)cc2F)c1. The summed E-state index contributed by atoms with van der Waals surface area (Å²) in [6.45, 7) is 4.12. The molecule has 1 N–H and O–H groups in total. The van der Waals surface area contributed by atoms with Gasteiger partial charge >= 0.3 is 0 Å². The van der Waals surface area contributed by atoms with Crippen molar-refractivity contribution in [3.63, 3.8) is 0 Å². The molecule has 5 aliphatic rings. The number of ether oxygens (including phenoxy) is 1. The second-order valence-electron chi connectivity index (χ2n) is 13.8. The second-order valence-corrected chi connectivity index (χ2v) is 15.5. The average Bonchev–Trinajstić information content (AvgIpc) is 3.03. The first-order valence-corrected chi connectivity index (χ1v) is 18.2. The van der Waals surface area contributed by atoms with E-state index in [-0.39, 0.29) is 28.3 Å². The van der Waals surface area contributed by atoms with Gasteiger partial charge in [-0.3, -0.25) is 9.59 Å². The Hall–Kier alpha value is -4.06. The van der Waals surface area contributed by atoms with Crippen LogP contribution in [-0.4, -0.2) is 73.9 Å². The zero-order valence-electron chi connectivity index (χ0n) is 26.5. The van der Waals surface area contributed by atoms with Gasteiger partial charge in [0, 0.05) is 37.3 Å². The molecule has 0 spiro atoms. The highest BCUT2D eigenvalue weighted by Crippen LogP contribution is 2.60. The fourth-order valence-corrected chi connectivity index (χ4v) is 10.5. The van der Waals surface area contributed by atoms with Crippen molar-refractivity contribution in [3.05, 3.63) is 71.7 Å². The first-order chi connectivity index (χ1) is 22.6. The number of halogens is 1. The number of amides is 2. The Bertz CT molecular complexity index is 1740. The Kier molecular flexibility index (Phi) is 8.40. The van der Waals surface area contributed by atoms with E-state index in [1.165, 1.54) is 31.4 Å². The minimum Gasteiger partial charge on any atom is -0.494 e. The minimum atomic E-state index is -3.83. The number of aromatic nitrogens is 2. The van der Waals surface area contributed by atoms with Crippen molar-refractivity contribution in [2.75, 3.05) is 43.4 Å². The number of hydrogen-bond donors (Lipinski definition) is 1. The quantitative estimate of drug-likeness (QED) is 0.343. The number of piperazine rings is 1. The number of nitrogens with one attached hydrogen (secondary N) is 1. The van der Waals surface area contributed by atoms with E-state index in [1.54, 1.807) is 41.3 Å². The molecule has 47 heavy (non-hydrogen) atoms. The molecule has 1 saturated heterocycles. The molecule has 4 aliphatic carbocycles. The Balaban J connectivity index is 0.929. The lowest BCUT2D eigenvalue weighted by Crippen LogP contribution is -2.51. The molecule has 3 aromatic rings. The number of nitrogens with zero attached hydrogens (tertiary/aromatic N) is 4. The molecule has 8 rings (SSSR count). The van der Waals surface area contributed by atoms with Gasteiger partial charge in [0.05, 0.1) is 12.4 Å². The first kappa shape index (κ1) is 31.5. The molecule has 12 heteroatoms. The lowest BCUT2D eigenvalue weighted by atomic mass is 9.50. The van der Waals surface area contributed by atoms with Crippen molar-refractivity contribution in [2.45, 2.75) is 45.4 Å². The van der Waals surface area contributed by atoms with Gasteiger partial charge in [-0.2, -0.15) is 0 Å². The van der Waals surface area contributed by atoms with Crippen molar-refractivity contribution < 1.29 is 27.1 Å². The molecule has 2 amide bonds. The van der Waals surface area contributed by atoms with Gasteiger partial charge < -0.3 is 14.5 Å². The summed E-state index contributed by atoms with van der Waals surface area (Å²) in [4.78, 5) is 29.7.